The van der Waals surface area contributed by atoms with Crippen LogP contribution < -0.4 is 19.5 Å². The molecule has 1 atom stereocenters. The van der Waals surface area contributed by atoms with Gasteiger partial charge in [0.1, 0.15) is 24.5 Å². The van der Waals surface area contributed by atoms with Crippen LogP contribution in [-0.2, 0) is 14.8 Å². The standard InChI is InChI=1S/C23H25N3O7S/c24-12-17-3-1-2-4-22(17)34(29,30)26-9-7-16(8-10-26)23(28)25-13-18(27)14-31-19-5-6-20-21(11-19)33-15-32-20/h1-6,11,16,18,27H,7-10,13-15H2,(H,25,28). The van der Waals surface area contributed by atoms with E-state index in [0.717, 1.165) is 0 Å². The van der Waals surface area contributed by atoms with E-state index in [1.165, 1.54) is 16.4 Å². The predicted molar refractivity (Wildman–Crippen MR) is 120 cm³/mol. The van der Waals surface area contributed by atoms with Crippen LogP contribution in [0.4, 0.5) is 0 Å². The molecule has 0 aromatic heterocycles. The minimum absolute atomic E-state index is 0.0114. The third-order valence-corrected chi connectivity index (χ3v) is 7.71. The zero-order valence-electron chi connectivity index (χ0n) is 18.3. The highest BCUT2D eigenvalue weighted by Crippen LogP contribution is 2.35. The maximum atomic E-state index is 12.9. The van der Waals surface area contributed by atoms with E-state index in [1.54, 1.807) is 30.3 Å². The van der Waals surface area contributed by atoms with E-state index in [2.05, 4.69) is 5.32 Å². The van der Waals surface area contributed by atoms with Gasteiger partial charge >= 0.3 is 0 Å². The van der Waals surface area contributed by atoms with Crippen molar-refractivity contribution < 1.29 is 32.5 Å². The van der Waals surface area contributed by atoms with Crippen LogP contribution >= 0.6 is 0 Å². The molecule has 2 aromatic carbocycles. The predicted octanol–water partition coefficient (Wildman–Crippen LogP) is 1.24. The number of ether oxygens (including phenoxy) is 3. The van der Waals surface area contributed by atoms with Gasteiger partial charge in [-0.15, -0.1) is 0 Å². The monoisotopic (exact) mass is 487 g/mol. The highest BCUT2D eigenvalue weighted by atomic mass is 32.2. The molecule has 2 aliphatic heterocycles. The first kappa shape index (κ1) is 23.8. The molecule has 1 saturated heterocycles. The normalized spacial score (nSPS) is 17.1. The number of nitrogens with zero attached hydrogens (tertiary/aromatic N) is 2. The van der Waals surface area contributed by atoms with Gasteiger partial charge in [-0.25, -0.2) is 8.42 Å². The Balaban J connectivity index is 1.22. The van der Waals surface area contributed by atoms with Gasteiger partial charge in [-0.1, -0.05) is 12.1 Å². The zero-order chi connectivity index (χ0) is 24.1. The summed E-state index contributed by atoms with van der Waals surface area (Å²) in [5, 5.41) is 22.1. The van der Waals surface area contributed by atoms with E-state index in [-0.39, 0.29) is 55.3 Å². The summed E-state index contributed by atoms with van der Waals surface area (Å²) in [6.45, 7) is 0.504. The van der Waals surface area contributed by atoms with Crippen LogP contribution in [0.5, 0.6) is 17.2 Å². The van der Waals surface area contributed by atoms with E-state index in [0.29, 0.717) is 30.1 Å². The average Bonchev–Trinajstić information content (AvgIpc) is 3.34. The van der Waals surface area contributed by atoms with Crippen LogP contribution in [0.3, 0.4) is 0 Å². The second-order valence-electron chi connectivity index (χ2n) is 8.01. The molecule has 2 aliphatic rings. The van der Waals surface area contributed by atoms with E-state index in [4.69, 9.17) is 14.2 Å². The molecular weight excluding hydrogens is 462 g/mol. The molecule has 180 valence electrons. The van der Waals surface area contributed by atoms with Crippen molar-refractivity contribution >= 4 is 15.9 Å². The highest BCUT2D eigenvalue weighted by molar-refractivity contribution is 7.89. The molecule has 1 fully saturated rings. The number of fused-ring (bicyclic) bond motifs is 1. The summed E-state index contributed by atoms with van der Waals surface area (Å²) in [6.07, 6.45) is -0.218. The van der Waals surface area contributed by atoms with Crippen molar-refractivity contribution in [2.75, 3.05) is 33.0 Å². The first-order valence-corrected chi connectivity index (χ1v) is 12.3. The number of rotatable bonds is 8. The molecule has 4 rings (SSSR count). The van der Waals surface area contributed by atoms with Crippen LogP contribution in [-0.4, -0.2) is 62.9 Å². The number of benzene rings is 2. The lowest BCUT2D eigenvalue weighted by Gasteiger charge is -2.30. The lowest BCUT2D eigenvalue weighted by molar-refractivity contribution is -0.126. The topological polar surface area (TPSA) is 138 Å². The van der Waals surface area contributed by atoms with Crippen LogP contribution in [0.1, 0.15) is 18.4 Å². The number of aliphatic hydroxyl groups is 1. The van der Waals surface area contributed by atoms with Crippen LogP contribution in [0.2, 0.25) is 0 Å². The molecule has 1 amide bonds. The molecule has 2 aromatic rings. The number of hydrogen-bond acceptors (Lipinski definition) is 8. The molecule has 0 saturated carbocycles. The Kier molecular flexibility index (Phi) is 7.21. The molecule has 2 heterocycles. The number of amides is 1. The molecule has 0 radical (unpaired) electrons. The summed E-state index contributed by atoms with van der Waals surface area (Å²) in [6, 6.07) is 13.1. The van der Waals surface area contributed by atoms with Crippen molar-refractivity contribution in [3.8, 4) is 23.3 Å². The highest BCUT2D eigenvalue weighted by Gasteiger charge is 2.33. The van der Waals surface area contributed by atoms with E-state index >= 15 is 0 Å². The Labute approximate surface area is 197 Å². The van der Waals surface area contributed by atoms with Gasteiger partial charge in [0.2, 0.25) is 22.7 Å². The van der Waals surface area contributed by atoms with Gasteiger partial charge in [-0.3, -0.25) is 4.79 Å². The van der Waals surface area contributed by atoms with Crippen molar-refractivity contribution in [1.82, 2.24) is 9.62 Å². The summed E-state index contributed by atoms with van der Waals surface area (Å²) < 4.78 is 43.2. The Morgan fingerprint density at radius 3 is 2.71 bits per heavy atom. The number of piperidine rings is 1. The van der Waals surface area contributed by atoms with Gasteiger partial charge in [0, 0.05) is 31.6 Å². The van der Waals surface area contributed by atoms with E-state index < -0.39 is 16.1 Å². The van der Waals surface area contributed by atoms with Gasteiger partial charge in [0.05, 0.1) is 10.5 Å². The fraction of sp³-hybridized carbons (Fsp3) is 0.391. The lowest BCUT2D eigenvalue weighted by Crippen LogP contribution is -2.44. The smallest absolute Gasteiger partial charge is 0.244 e. The van der Waals surface area contributed by atoms with E-state index in [9.17, 15) is 23.6 Å². The van der Waals surface area contributed by atoms with Crippen LogP contribution in [0, 0.1) is 17.2 Å². The Hall–Kier alpha value is -3.33. The summed E-state index contributed by atoms with van der Waals surface area (Å²) >= 11 is 0. The first-order chi connectivity index (χ1) is 16.4. The number of nitrogens with one attached hydrogen (secondary N) is 1. The van der Waals surface area contributed by atoms with Gasteiger partial charge in [0.15, 0.2) is 11.5 Å². The van der Waals surface area contributed by atoms with Gasteiger partial charge in [-0.05, 0) is 37.1 Å². The number of carbonyl (C=O) groups is 1. The summed E-state index contributed by atoms with van der Waals surface area (Å²) in [5.41, 5.74) is 0.0966. The molecule has 0 spiro atoms. The molecule has 1 unspecified atom stereocenters. The molecule has 2 N–H and O–H groups in total. The number of hydrogen-bond donors (Lipinski definition) is 2. The fourth-order valence-electron chi connectivity index (χ4n) is 3.86. The van der Waals surface area contributed by atoms with Crippen molar-refractivity contribution in [2.24, 2.45) is 5.92 Å². The third kappa shape index (κ3) is 5.25. The minimum Gasteiger partial charge on any atom is -0.491 e. The van der Waals surface area contributed by atoms with Gasteiger partial charge in [-0.2, -0.15) is 9.57 Å². The molecule has 34 heavy (non-hydrogen) atoms. The Morgan fingerprint density at radius 2 is 1.94 bits per heavy atom. The fourth-order valence-corrected chi connectivity index (χ4v) is 5.47. The summed E-state index contributed by atoms with van der Waals surface area (Å²) in [5.74, 6) is 1.12. The number of nitriles is 1. The van der Waals surface area contributed by atoms with Crippen molar-refractivity contribution in [2.45, 2.75) is 23.8 Å². The number of sulfonamides is 1. The number of carbonyl (C=O) groups excluding carboxylic acids is 1. The lowest BCUT2D eigenvalue weighted by atomic mass is 9.97. The third-order valence-electron chi connectivity index (χ3n) is 5.75. The van der Waals surface area contributed by atoms with Crippen molar-refractivity contribution in [3.05, 3.63) is 48.0 Å². The second-order valence-corrected chi connectivity index (χ2v) is 9.92. The largest absolute Gasteiger partial charge is 0.491 e. The van der Waals surface area contributed by atoms with Gasteiger partial charge in [0.25, 0.3) is 0 Å². The molecule has 10 nitrogen and oxygen atoms in total. The molecule has 0 bridgehead atoms. The van der Waals surface area contributed by atoms with Crippen molar-refractivity contribution in [3.63, 3.8) is 0 Å². The SMILES string of the molecule is N#Cc1ccccc1S(=O)(=O)N1CCC(C(=O)NCC(O)COc2ccc3c(c2)OCO3)CC1. The maximum absolute atomic E-state index is 12.9. The summed E-state index contributed by atoms with van der Waals surface area (Å²) in [7, 11) is -3.81. The maximum Gasteiger partial charge on any atom is 0.244 e. The van der Waals surface area contributed by atoms with E-state index in [1.807, 2.05) is 6.07 Å². The Bertz CT molecular complexity index is 1190. The van der Waals surface area contributed by atoms with Crippen LogP contribution in [0.25, 0.3) is 0 Å². The molecule has 0 aliphatic carbocycles. The van der Waals surface area contributed by atoms with Crippen LogP contribution in [0.15, 0.2) is 47.4 Å². The molecule has 11 heteroatoms. The second kappa shape index (κ2) is 10.3. The zero-order valence-corrected chi connectivity index (χ0v) is 19.2. The van der Waals surface area contributed by atoms with Gasteiger partial charge < -0.3 is 24.6 Å². The average molecular weight is 488 g/mol. The quantitative estimate of drug-likeness (QED) is 0.567. The minimum atomic E-state index is -3.81. The molecular formula is C23H25N3O7S. The first-order valence-electron chi connectivity index (χ1n) is 10.9. The Morgan fingerprint density at radius 1 is 1.21 bits per heavy atom. The van der Waals surface area contributed by atoms with Crippen molar-refractivity contribution in [1.29, 1.82) is 5.26 Å². The summed E-state index contributed by atoms with van der Waals surface area (Å²) in [4.78, 5) is 12.5. The number of aliphatic hydroxyl groups excluding tert-OH is 1.